The van der Waals surface area contributed by atoms with Gasteiger partial charge in [0.1, 0.15) is 0 Å². The first-order chi connectivity index (χ1) is 9.65. The molecule has 1 unspecified atom stereocenters. The van der Waals surface area contributed by atoms with E-state index in [0.29, 0.717) is 25.6 Å². The number of methoxy groups -OCH3 is 1. The quantitative estimate of drug-likeness (QED) is 0.549. The van der Waals surface area contributed by atoms with E-state index in [1.807, 2.05) is 0 Å². The largest absolute Gasteiger partial charge is 0.383 e. The standard InChI is InChI=1S/C13H26N4O3/c1-20-8-6-15-13(19)16-12(18)10-17-7-2-3-11(9-17)4-5-14/h11H,2-10,14H2,1H3,(H2,15,16,18,19). The van der Waals surface area contributed by atoms with Gasteiger partial charge in [-0.2, -0.15) is 0 Å². The first kappa shape index (κ1) is 16.9. The van der Waals surface area contributed by atoms with E-state index in [1.54, 1.807) is 7.11 Å². The zero-order valence-electron chi connectivity index (χ0n) is 12.2. The highest BCUT2D eigenvalue weighted by Crippen LogP contribution is 2.18. The Morgan fingerprint density at radius 1 is 1.45 bits per heavy atom. The van der Waals surface area contributed by atoms with Crippen LogP contribution in [0.25, 0.3) is 0 Å². The van der Waals surface area contributed by atoms with E-state index in [9.17, 15) is 9.59 Å². The van der Waals surface area contributed by atoms with Crippen molar-refractivity contribution in [3.05, 3.63) is 0 Å². The number of nitrogens with two attached hydrogens (primary N) is 1. The second-order valence-corrected chi connectivity index (χ2v) is 5.12. The summed E-state index contributed by atoms with van der Waals surface area (Å²) >= 11 is 0. The fraction of sp³-hybridized carbons (Fsp3) is 0.846. The van der Waals surface area contributed by atoms with Crippen LogP contribution in [0.15, 0.2) is 0 Å². The molecule has 116 valence electrons. The number of ether oxygens (including phenoxy) is 1. The minimum Gasteiger partial charge on any atom is -0.383 e. The van der Waals surface area contributed by atoms with Gasteiger partial charge in [0, 0.05) is 20.2 Å². The summed E-state index contributed by atoms with van der Waals surface area (Å²) in [7, 11) is 1.55. The number of hydrogen-bond acceptors (Lipinski definition) is 5. The van der Waals surface area contributed by atoms with E-state index in [4.69, 9.17) is 10.5 Å². The number of piperidine rings is 1. The van der Waals surface area contributed by atoms with Gasteiger partial charge in [-0.3, -0.25) is 15.0 Å². The normalized spacial score (nSPS) is 19.6. The third-order valence-corrected chi connectivity index (χ3v) is 3.39. The molecule has 1 heterocycles. The molecule has 0 aromatic heterocycles. The average molecular weight is 286 g/mol. The van der Waals surface area contributed by atoms with Crippen LogP contribution in [0, 0.1) is 5.92 Å². The predicted octanol–water partition coefficient (Wildman–Crippen LogP) is -0.481. The highest BCUT2D eigenvalue weighted by Gasteiger charge is 2.21. The highest BCUT2D eigenvalue weighted by atomic mass is 16.5. The molecule has 4 N–H and O–H groups in total. The van der Waals surface area contributed by atoms with Crippen molar-refractivity contribution in [1.29, 1.82) is 0 Å². The van der Waals surface area contributed by atoms with Crippen molar-refractivity contribution in [2.75, 3.05) is 46.4 Å². The van der Waals surface area contributed by atoms with Gasteiger partial charge in [0.25, 0.3) is 0 Å². The zero-order valence-corrected chi connectivity index (χ0v) is 12.2. The molecule has 1 rings (SSSR count). The molecule has 7 heteroatoms. The van der Waals surface area contributed by atoms with Crippen molar-refractivity contribution in [2.45, 2.75) is 19.3 Å². The van der Waals surface area contributed by atoms with E-state index in [1.165, 1.54) is 6.42 Å². The summed E-state index contributed by atoms with van der Waals surface area (Å²) in [6, 6.07) is -0.470. The summed E-state index contributed by atoms with van der Waals surface area (Å²) in [5, 5.41) is 4.87. The van der Waals surface area contributed by atoms with Gasteiger partial charge in [-0.25, -0.2) is 4.79 Å². The molecule has 7 nitrogen and oxygen atoms in total. The second-order valence-electron chi connectivity index (χ2n) is 5.12. The van der Waals surface area contributed by atoms with Gasteiger partial charge in [0.2, 0.25) is 5.91 Å². The molecule has 1 aliphatic heterocycles. The number of nitrogens with zero attached hydrogens (tertiary/aromatic N) is 1. The minimum atomic E-state index is -0.470. The molecule has 1 fully saturated rings. The van der Waals surface area contributed by atoms with Gasteiger partial charge in [0.15, 0.2) is 0 Å². The molecule has 1 aliphatic rings. The molecule has 0 aromatic rings. The number of rotatable bonds is 7. The summed E-state index contributed by atoms with van der Waals surface area (Å²) in [5.41, 5.74) is 5.57. The van der Waals surface area contributed by atoms with Gasteiger partial charge >= 0.3 is 6.03 Å². The maximum atomic E-state index is 11.7. The van der Waals surface area contributed by atoms with Crippen molar-refractivity contribution in [2.24, 2.45) is 11.7 Å². The highest BCUT2D eigenvalue weighted by molar-refractivity contribution is 5.95. The second kappa shape index (κ2) is 9.68. The smallest absolute Gasteiger partial charge is 0.321 e. The van der Waals surface area contributed by atoms with E-state index >= 15 is 0 Å². The molecule has 0 aromatic carbocycles. The van der Waals surface area contributed by atoms with Crippen molar-refractivity contribution in [3.8, 4) is 0 Å². The lowest BCUT2D eigenvalue weighted by Gasteiger charge is -2.31. The van der Waals surface area contributed by atoms with Crippen LogP contribution < -0.4 is 16.4 Å². The van der Waals surface area contributed by atoms with Crippen LogP contribution >= 0.6 is 0 Å². The fourth-order valence-corrected chi connectivity index (χ4v) is 2.45. The number of urea groups is 1. The van der Waals surface area contributed by atoms with E-state index < -0.39 is 6.03 Å². The Morgan fingerprint density at radius 2 is 2.25 bits per heavy atom. The van der Waals surface area contributed by atoms with Gasteiger partial charge in [-0.15, -0.1) is 0 Å². The molecule has 0 radical (unpaired) electrons. The molecule has 0 saturated carbocycles. The first-order valence-corrected chi connectivity index (χ1v) is 7.14. The predicted molar refractivity (Wildman–Crippen MR) is 76.3 cm³/mol. The molecular formula is C13H26N4O3. The molecule has 20 heavy (non-hydrogen) atoms. The minimum absolute atomic E-state index is 0.263. The number of carbonyl (C=O) groups is 2. The number of likely N-dealkylation sites (tertiary alicyclic amines) is 1. The monoisotopic (exact) mass is 286 g/mol. The summed E-state index contributed by atoms with van der Waals surface area (Å²) < 4.78 is 4.81. The Labute approximate surface area is 120 Å². The van der Waals surface area contributed by atoms with Crippen molar-refractivity contribution in [1.82, 2.24) is 15.5 Å². The Kier molecular flexibility index (Phi) is 8.17. The maximum Gasteiger partial charge on any atom is 0.321 e. The van der Waals surface area contributed by atoms with Gasteiger partial charge < -0.3 is 15.8 Å². The lowest BCUT2D eigenvalue weighted by Crippen LogP contribution is -2.47. The SMILES string of the molecule is COCCNC(=O)NC(=O)CN1CCCC(CCN)C1. The van der Waals surface area contributed by atoms with Crippen molar-refractivity contribution < 1.29 is 14.3 Å². The van der Waals surface area contributed by atoms with Crippen molar-refractivity contribution in [3.63, 3.8) is 0 Å². The lowest BCUT2D eigenvalue weighted by atomic mass is 9.95. The maximum absolute atomic E-state index is 11.7. The Bertz CT molecular complexity index is 310. The number of hydrogen-bond donors (Lipinski definition) is 3. The van der Waals surface area contributed by atoms with E-state index in [0.717, 1.165) is 25.9 Å². The summed E-state index contributed by atoms with van der Waals surface area (Å²) in [4.78, 5) is 25.2. The van der Waals surface area contributed by atoms with Crippen LogP contribution in [-0.4, -0.2) is 63.3 Å². The molecule has 0 aliphatic carbocycles. The van der Waals surface area contributed by atoms with Crippen molar-refractivity contribution >= 4 is 11.9 Å². The molecule has 3 amide bonds. The lowest BCUT2D eigenvalue weighted by molar-refractivity contribution is -0.121. The van der Waals surface area contributed by atoms with Crippen LogP contribution in [0.5, 0.6) is 0 Å². The topological polar surface area (TPSA) is 96.7 Å². The number of imide groups is 1. The third-order valence-electron chi connectivity index (χ3n) is 3.39. The van der Waals surface area contributed by atoms with Gasteiger partial charge in [0.05, 0.1) is 13.2 Å². The van der Waals surface area contributed by atoms with E-state index in [2.05, 4.69) is 15.5 Å². The summed E-state index contributed by atoms with van der Waals surface area (Å²) in [6.07, 6.45) is 3.25. The Morgan fingerprint density at radius 3 is 2.95 bits per heavy atom. The van der Waals surface area contributed by atoms with Gasteiger partial charge in [-0.1, -0.05) is 0 Å². The Hall–Kier alpha value is -1.18. The summed E-state index contributed by atoms with van der Waals surface area (Å²) in [6.45, 7) is 3.55. The molecular weight excluding hydrogens is 260 g/mol. The Balaban J connectivity index is 2.22. The van der Waals surface area contributed by atoms with E-state index in [-0.39, 0.29) is 12.5 Å². The first-order valence-electron chi connectivity index (χ1n) is 7.14. The van der Waals surface area contributed by atoms with Crippen LogP contribution in [0.2, 0.25) is 0 Å². The molecule has 1 atom stereocenters. The third kappa shape index (κ3) is 6.83. The zero-order chi connectivity index (χ0) is 14.8. The average Bonchev–Trinajstić information content (AvgIpc) is 2.39. The molecule has 0 bridgehead atoms. The number of carbonyl (C=O) groups excluding carboxylic acids is 2. The molecule has 0 spiro atoms. The van der Waals surface area contributed by atoms with Crippen LogP contribution in [0.1, 0.15) is 19.3 Å². The summed E-state index contributed by atoms with van der Waals surface area (Å²) in [5.74, 6) is 0.297. The number of nitrogens with one attached hydrogen (secondary N) is 2. The molecule has 1 saturated heterocycles. The van der Waals surface area contributed by atoms with Crippen LogP contribution in [0.4, 0.5) is 4.79 Å². The fourth-order valence-electron chi connectivity index (χ4n) is 2.45. The van der Waals surface area contributed by atoms with Gasteiger partial charge in [-0.05, 0) is 38.3 Å². The number of amides is 3. The van der Waals surface area contributed by atoms with Crippen LogP contribution in [0.3, 0.4) is 0 Å². The van der Waals surface area contributed by atoms with Crippen LogP contribution in [-0.2, 0) is 9.53 Å².